The van der Waals surface area contributed by atoms with Crippen LogP contribution in [0.3, 0.4) is 0 Å². The van der Waals surface area contributed by atoms with Crippen molar-refractivity contribution >= 4 is 5.97 Å². The first-order chi connectivity index (χ1) is 12.9. The van der Waals surface area contributed by atoms with E-state index >= 15 is 0 Å². The number of hydrogen-bond acceptors (Lipinski definition) is 2. The minimum absolute atomic E-state index is 0.281. The molecule has 0 heterocycles. The Morgan fingerprint density at radius 2 is 1.67 bits per heavy atom. The maximum absolute atomic E-state index is 11.7. The molecule has 0 atom stereocenters. The zero-order chi connectivity index (χ0) is 19.4. The predicted octanol–water partition coefficient (Wildman–Crippen LogP) is 6.58. The lowest BCUT2D eigenvalue weighted by Gasteiger charge is -2.26. The number of rotatable bonds is 5. The summed E-state index contributed by atoms with van der Waals surface area (Å²) in [5.41, 5.74) is 6.42. The summed E-state index contributed by atoms with van der Waals surface area (Å²) in [5, 5.41) is 0. The van der Waals surface area contributed by atoms with Crippen molar-refractivity contribution in [1.29, 1.82) is 0 Å². The Kier molecular flexibility index (Phi) is 6.15. The van der Waals surface area contributed by atoms with Gasteiger partial charge in [0.05, 0.1) is 0 Å². The summed E-state index contributed by atoms with van der Waals surface area (Å²) < 4.78 is 5.33. The Hall–Kier alpha value is -2.35. The molecule has 0 unspecified atom stereocenters. The SMILES string of the molecule is C=C(C)C(=O)OCc1cc(-c2ccc(C3CCC(C)CC3)cc2)ccc1C. The number of carbonyl (C=O) groups excluding carboxylic acids is 1. The third-order valence-corrected chi connectivity index (χ3v) is 5.79. The number of ether oxygens (including phenoxy) is 1. The van der Waals surface area contributed by atoms with Crippen LogP contribution in [-0.4, -0.2) is 5.97 Å². The highest BCUT2D eigenvalue weighted by atomic mass is 16.5. The van der Waals surface area contributed by atoms with Crippen LogP contribution in [0.5, 0.6) is 0 Å². The molecule has 27 heavy (non-hydrogen) atoms. The van der Waals surface area contributed by atoms with Crippen molar-refractivity contribution in [2.75, 3.05) is 0 Å². The quantitative estimate of drug-likeness (QED) is 0.444. The van der Waals surface area contributed by atoms with Crippen LogP contribution in [0, 0.1) is 12.8 Å². The van der Waals surface area contributed by atoms with Gasteiger partial charge in [0.25, 0.3) is 0 Å². The van der Waals surface area contributed by atoms with Crippen LogP contribution in [0.15, 0.2) is 54.6 Å². The van der Waals surface area contributed by atoms with Crippen LogP contribution in [0.2, 0.25) is 0 Å². The summed E-state index contributed by atoms with van der Waals surface area (Å²) in [7, 11) is 0. The molecule has 142 valence electrons. The minimum atomic E-state index is -0.342. The van der Waals surface area contributed by atoms with Gasteiger partial charge in [-0.1, -0.05) is 62.7 Å². The highest BCUT2D eigenvalue weighted by Crippen LogP contribution is 2.36. The lowest BCUT2D eigenvalue weighted by atomic mass is 9.79. The molecule has 0 amide bonds. The highest BCUT2D eigenvalue weighted by molar-refractivity contribution is 5.86. The molecule has 2 aromatic rings. The maximum atomic E-state index is 11.7. The average Bonchev–Trinajstić information content (AvgIpc) is 2.68. The average molecular weight is 363 g/mol. The van der Waals surface area contributed by atoms with Gasteiger partial charge < -0.3 is 4.74 Å². The number of esters is 1. The molecule has 1 aliphatic carbocycles. The van der Waals surface area contributed by atoms with Crippen LogP contribution in [-0.2, 0) is 16.1 Å². The van der Waals surface area contributed by atoms with Crippen LogP contribution < -0.4 is 0 Å². The van der Waals surface area contributed by atoms with E-state index < -0.39 is 0 Å². The summed E-state index contributed by atoms with van der Waals surface area (Å²) in [6, 6.07) is 15.4. The summed E-state index contributed by atoms with van der Waals surface area (Å²) >= 11 is 0. The Balaban J connectivity index is 1.73. The highest BCUT2D eigenvalue weighted by Gasteiger charge is 2.19. The number of hydrogen-bond donors (Lipinski definition) is 0. The van der Waals surface area contributed by atoms with Crippen molar-refractivity contribution in [1.82, 2.24) is 0 Å². The second-order valence-corrected chi connectivity index (χ2v) is 8.08. The van der Waals surface area contributed by atoms with Gasteiger partial charge in [0.15, 0.2) is 0 Å². The Bertz CT molecular complexity index is 809. The Morgan fingerprint density at radius 1 is 1.04 bits per heavy atom. The van der Waals surface area contributed by atoms with Gasteiger partial charge in [0, 0.05) is 5.57 Å². The lowest BCUT2D eigenvalue weighted by Crippen LogP contribution is -2.10. The number of benzene rings is 2. The van der Waals surface area contributed by atoms with Crippen molar-refractivity contribution < 1.29 is 9.53 Å². The van der Waals surface area contributed by atoms with E-state index in [1.54, 1.807) is 6.92 Å². The second-order valence-electron chi connectivity index (χ2n) is 8.08. The maximum Gasteiger partial charge on any atom is 0.333 e. The van der Waals surface area contributed by atoms with E-state index in [0.717, 1.165) is 22.6 Å². The topological polar surface area (TPSA) is 26.3 Å². The normalized spacial score (nSPS) is 19.5. The minimum Gasteiger partial charge on any atom is -0.457 e. The van der Waals surface area contributed by atoms with Crippen molar-refractivity contribution in [3.63, 3.8) is 0 Å². The third kappa shape index (κ3) is 4.88. The van der Waals surface area contributed by atoms with E-state index in [2.05, 4.69) is 56.0 Å². The van der Waals surface area contributed by atoms with E-state index in [-0.39, 0.29) is 12.6 Å². The zero-order valence-electron chi connectivity index (χ0n) is 16.8. The van der Waals surface area contributed by atoms with Gasteiger partial charge in [-0.25, -0.2) is 4.79 Å². The molecule has 0 bridgehead atoms. The van der Waals surface area contributed by atoms with Crippen LogP contribution in [0.1, 0.15) is 62.1 Å². The molecule has 0 aromatic heterocycles. The largest absolute Gasteiger partial charge is 0.457 e. The van der Waals surface area contributed by atoms with E-state index in [1.165, 1.54) is 36.8 Å². The fourth-order valence-corrected chi connectivity index (χ4v) is 3.81. The lowest BCUT2D eigenvalue weighted by molar-refractivity contribution is -0.140. The van der Waals surface area contributed by atoms with Crippen LogP contribution in [0.25, 0.3) is 11.1 Å². The smallest absolute Gasteiger partial charge is 0.333 e. The van der Waals surface area contributed by atoms with E-state index in [9.17, 15) is 4.79 Å². The van der Waals surface area contributed by atoms with E-state index in [1.807, 2.05) is 6.92 Å². The first-order valence-corrected chi connectivity index (χ1v) is 9.96. The molecule has 2 heteroatoms. The van der Waals surface area contributed by atoms with Crippen LogP contribution >= 0.6 is 0 Å². The van der Waals surface area contributed by atoms with Crippen LogP contribution in [0.4, 0.5) is 0 Å². The zero-order valence-corrected chi connectivity index (χ0v) is 16.8. The Morgan fingerprint density at radius 3 is 2.30 bits per heavy atom. The van der Waals surface area contributed by atoms with Gasteiger partial charge in [-0.15, -0.1) is 0 Å². The summed E-state index contributed by atoms with van der Waals surface area (Å²) in [5.74, 6) is 1.25. The molecule has 0 saturated heterocycles. The van der Waals surface area contributed by atoms with Crippen molar-refractivity contribution in [3.05, 3.63) is 71.3 Å². The fraction of sp³-hybridized carbons (Fsp3) is 0.400. The van der Waals surface area contributed by atoms with Gasteiger partial charge in [0.1, 0.15) is 6.61 Å². The summed E-state index contributed by atoms with van der Waals surface area (Å²) in [4.78, 5) is 11.7. The first kappa shape index (κ1) is 19.4. The fourth-order valence-electron chi connectivity index (χ4n) is 3.81. The van der Waals surface area contributed by atoms with Crippen molar-refractivity contribution in [2.45, 2.75) is 59.0 Å². The van der Waals surface area contributed by atoms with E-state index in [4.69, 9.17) is 4.74 Å². The van der Waals surface area contributed by atoms with E-state index in [0.29, 0.717) is 11.5 Å². The molecule has 0 N–H and O–H groups in total. The van der Waals surface area contributed by atoms with Crippen molar-refractivity contribution in [2.24, 2.45) is 5.92 Å². The van der Waals surface area contributed by atoms with Crippen molar-refractivity contribution in [3.8, 4) is 11.1 Å². The molecule has 0 aliphatic heterocycles. The first-order valence-electron chi connectivity index (χ1n) is 9.96. The van der Waals surface area contributed by atoms with Gasteiger partial charge in [-0.05, 0) is 72.4 Å². The van der Waals surface area contributed by atoms with Gasteiger partial charge in [-0.2, -0.15) is 0 Å². The molecule has 0 radical (unpaired) electrons. The van der Waals surface area contributed by atoms with Gasteiger partial charge in [-0.3, -0.25) is 0 Å². The standard InChI is InChI=1S/C25H30O2/c1-17(2)25(26)27-16-24-15-23(10-7-19(24)4)22-13-11-21(12-14-22)20-8-5-18(3)6-9-20/h7,10-15,18,20H,1,5-6,8-9,16H2,2-4H3. The molecule has 1 fully saturated rings. The molecular weight excluding hydrogens is 332 g/mol. The summed E-state index contributed by atoms with van der Waals surface area (Å²) in [6.45, 7) is 9.98. The predicted molar refractivity (Wildman–Crippen MR) is 112 cm³/mol. The number of carbonyl (C=O) groups is 1. The second kappa shape index (κ2) is 8.56. The molecule has 2 aromatic carbocycles. The van der Waals surface area contributed by atoms with Gasteiger partial charge in [0.2, 0.25) is 0 Å². The molecule has 0 spiro atoms. The third-order valence-electron chi connectivity index (χ3n) is 5.79. The molecule has 1 aliphatic rings. The van der Waals surface area contributed by atoms with Gasteiger partial charge >= 0.3 is 5.97 Å². The molecule has 2 nitrogen and oxygen atoms in total. The molecule has 1 saturated carbocycles. The monoisotopic (exact) mass is 362 g/mol. The Labute approximate surface area is 163 Å². The molecular formula is C25H30O2. The summed E-state index contributed by atoms with van der Waals surface area (Å²) in [6.07, 6.45) is 5.31. The molecule has 3 rings (SSSR count). The number of aryl methyl sites for hydroxylation is 1.